The average Bonchev–Trinajstić information content (AvgIpc) is 2.60. The first-order valence-electron chi connectivity index (χ1n) is 4.53. The van der Waals surface area contributed by atoms with E-state index in [1.165, 1.54) is 35.2 Å². The Morgan fingerprint density at radius 1 is 0.900 bits per heavy atom. The van der Waals surface area contributed by atoms with Crippen LogP contribution in [-0.2, 0) is 0 Å². The molecule has 1 heterocycles. The van der Waals surface area contributed by atoms with Crippen LogP contribution in [0.4, 0.5) is 0 Å². The number of hydrogen-bond donors (Lipinski definition) is 0. The van der Waals surface area contributed by atoms with Crippen LogP contribution in [0, 0.1) is 23.7 Å². The molecule has 56 valence electrons. The maximum absolute atomic E-state index is 2.21. The van der Waals surface area contributed by atoms with Crippen LogP contribution in [0.2, 0.25) is 0 Å². The lowest BCUT2D eigenvalue weighted by molar-refractivity contribution is 0.281. The van der Waals surface area contributed by atoms with Crippen molar-refractivity contribution < 1.29 is 0 Å². The van der Waals surface area contributed by atoms with Crippen molar-refractivity contribution in [2.45, 2.75) is 19.3 Å². The summed E-state index contributed by atoms with van der Waals surface area (Å²) in [6, 6.07) is 0. The first-order valence-corrected chi connectivity index (χ1v) is 5.68. The quantitative estimate of drug-likeness (QED) is 0.516. The van der Waals surface area contributed by atoms with Crippen LogP contribution in [0.1, 0.15) is 19.3 Å². The molecule has 0 aromatic rings. The van der Waals surface area contributed by atoms with Gasteiger partial charge in [-0.25, -0.2) is 0 Å². The molecule has 4 unspecified atom stereocenters. The van der Waals surface area contributed by atoms with Crippen molar-refractivity contribution in [1.82, 2.24) is 0 Å². The maximum Gasteiger partial charge on any atom is -0.00333 e. The Morgan fingerprint density at radius 2 is 1.50 bits per heavy atom. The van der Waals surface area contributed by atoms with Gasteiger partial charge in [-0.05, 0) is 54.4 Å². The molecule has 1 saturated heterocycles. The molecule has 1 aliphatic heterocycles. The van der Waals surface area contributed by atoms with E-state index in [9.17, 15) is 0 Å². The van der Waals surface area contributed by atoms with Crippen LogP contribution in [0.25, 0.3) is 0 Å². The molecule has 4 atom stereocenters. The molecule has 10 heavy (non-hydrogen) atoms. The van der Waals surface area contributed by atoms with Crippen molar-refractivity contribution in [3.8, 4) is 0 Å². The van der Waals surface area contributed by atoms with Gasteiger partial charge in [0.1, 0.15) is 0 Å². The van der Waals surface area contributed by atoms with Gasteiger partial charge in [0.2, 0.25) is 0 Å². The molecule has 0 aromatic heterocycles. The zero-order valence-electron chi connectivity index (χ0n) is 6.25. The molecule has 3 fully saturated rings. The smallest absolute Gasteiger partial charge is 0.00333 e. The van der Waals surface area contributed by atoms with Crippen LogP contribution >= 0.6 is 11.8 Å². The molecular weight excluding hydrogens is 140 g/mol. The Hall–Kier alpha value is 0.350. The molecule has 0 amide bonds. The molecule has 1 heteroatoms. The highest BCUT2D eigenvalue weighted by molar-refractivity contribution is 7.99. The predicted molar refractivity (Wildman–Crippen MR) is 45.1 cm³/mol. The van der Waals surface area contributed by atoms with Crippen molar-refractivity contribution in [1.29, 1.82) is 0 Å². The first-order chi connectivity index (χ1) is 4.95. The third kappa shape index (κ3) is 0.603. The normalized spacial score (nSPS) is 57.6. The Balaban J connectivity index is 1.92. The fraction of sp³-hybridized carbons (Fsp3) is 1.00. The Labute approximate surface area is 66.8 Å². The van der Waals surface area contributed by atoms with E-state index in [2.05, 4.69) is 11.8 Å². The SMILES string of the molecule is C1CC2CC1C1CSCC21. The third-order valence-electron chi connectivity index (χ3n) is 3.90. The van der Waals surface area contributed by atoms with Gasteiger partial charge in [0, 0.05) is 0 Å². The standard InChI is InChI=1S/C9H14S/c1-2-7-3-6(1)8-4-10-5-9(7)8/h6-9H,1-5H2. The summed E-state index contributed by atoms with van der Waals surface area (Å²) in [5.74, 6) is 7.69. The summed E-state index contributed by atoms with van der Waals surface area (Å²) in [5.41, 5.74) is 0. The zero-order valence-corrected chi connectivity index (χ0v) is 7.07. The molecule has 2 bridgehead atoms. The van der Waals surface area contributed by atoms with E-state index in [1.807, 2.05) is 0 Å². The van der Waals surface area contributed by atoms with E-state index in [1.54, 1.807) is 19.3 Å². The van der Waals surface area contributed by atoms with Gasteiger partial charge in [-0.2, -0.15) is 11.8 Å². The minimum Gasteiger partial charge on any atom is -0.161 e. The Kier molecular flexibility index (Phi) is 1.15. The Bertz CT molecular complexity index is 139. The van der Waals surface area contributed by atoms with Crippen molar-refractivity contribution in [3.05, 3.63) is 0 Å². The summed E-state index contributed by atoms with van der Waals surface area (Å²) in [7, 11) is 0. The lowest BCUT2D eigenvalue weighted by Gasteiger charge is -2.22. The molecule has 3 rings (SSSR count). The zero-order chi connectivity index (χ0) is 6.55. The third-order valence-corrected chi connectivity index (χ3v) is 5.14. The number of rotatable bonds is 0. The molecule has 0 radical (unpaired) electrons. The van der Waals surface area contributed by atoms with Gasteiger partial charge in [-0.15, -0.1) is 0 Å². The lowest BCUT2D eigenvalue weighted by Crippen LogP contribution is -2.19. The van der Waals surface area contributed by atoms with E-state index < -0.39 is 0 Å². The van der Waals surface area contributed by atoms with Gasteiger partial charge in [-0.3, -0.25) is 0 Å². The second-order valence-electron chi connectivity index (χ2n) is 4.20. The second kappa shape index (κ2) is 1.94. The van der Waals surface area contributed by atoms with E-state index in [4.69, 9.17) is 0 Å². The number of thioether (sulfide) groups is 1. The predicted octanol–water partition coefficient (Wildman–Crippen LogP) is 2.40. The average molecular weight is 154 g/mol. The highest BCUT2D eigenvalue weighted by Gasteiger charge is 2.49. The van der Waals surface area contributed by atoms with Crippen LogP contribution < -0.4 is 0 Å². The second-order valence-corrected chi connectivity index (χ2v) is 5.27. The van der Waals surface area contributed by atoms with E-state index in [-0.39, 0.29) is 0 Å². The van der Waals surface area contributed by atoms with Gasteiger partial charge in [0.05, 0.1) is 0 Å². The summed E-state index contributed by atoms with van der Waals surface area (Å²) < 4.78 is 0. The van der Waals surface area contributed by atoms with Crippen molar-refractivity contribution in [2.75, 3.05) is 11.5 Å². The molecular formula is C9H14S. The summed E-state index contributed by atoms with van der Waals surface area (Å²) in [4.78, 5) is 0. The first kappa shape index (κ1) is 5.93. The highest BCUT2D eigenvalue weighted by atomic mass is 32.2. The summed E-state index contributed by atoms with van der Waals surface area (Å²) in [6.07, 6.45) is 4.76. The summed E-state index contributed by atoms with van der Waals surface area (Å²) in [5, 5.41) is 0. The van der Waals surface area contributed by atoms with Crippen molar-refractivity contribution in [3.63, 3.8) is 0 Å². The Morgan fingerprint density at radius 3 is 2.10 bits per heavy atom. The number of fused-ring (bicyclic) bond motifs is 5. The summed E-state index contributed by atoms with van der Waals surface area (Å²) >= 11 is 2.21. The molecule has 0 spiro atoms. The van der Waals surface area contributed by atoms with Crippen LogP contribution in [0.15, 0.2) is 0 Å². The van der Waals surface area contributed by atoms with Crippen LogP contribution in [-0.4, -0.2) is 11.5 Å². The van der Waals surface area contributed by atoms with Gasteiger partial charge < -0.3 is 0 Å². The molecule has 2 saturated carbocycles. The van der Waals surface area contributed by atoms with E-state index in [0.29, 0.717) is 0 Å². The van der Waals surface area contributed by atoms with Crippen LogP contribution in [0.5, 0.6) is 0 Å². The lowest BCUT2D eigenvalue weighted by atomic mass is 9.82. The molecule has 3 aliphatic rings. The van der Waals surface area contributed by atoms with Crippen LogP contribution in [0.3, 0.4) is 0 Å². The summed E-state index contributed by atoms with van der Waals surface area (Å²) in [6.45, 7) is 0. The van der Waals surface area contributed by atoms with Gasteiger partial charge in [0.15, 0.2) is 0 Å². The van der Waals surface area contributed by atoms with Crippen molar-refractivity contribution >= 4 is 11.8 Å². The van der Waals surface area contributed by atoms with Gasteiger partial charge in [0.25, 0.3) is 0 Å². The monoisotopic (exact) mass is 154 g/mol. The minimum atomic E-state index is 1.17. The fourth-order valence-electron chi connectivity index (χ4n) is 3.39. The highest BCUT2D eigenvalue weighted by Crippen LogP contribution is 2.57. The topological polar surface area (TPSA) is 0 Å². The molecule has 0 N–H and O–H groups in total. The molecule has 0 aromatic carbocycles. The fourth-order valence-corrected chi connectivity index (χ4v) is 5.11. The largest absolute Gasteiger partial charge is 0.161 e. The number of hydrogen-bond acceptors (Lipinski definition) is 1. The van der Waals surface area contributed by atoms with Gasteiger partial charge >= 0.3 is 0 Å². The molecule has 2 aliphatic carbocycles. The minimum absolute atomic E-state index is 1.17. The van der Waals surface area contributed by atoms with E-state index in [0.717, 1.165) is 0 Å². The van der Waals surface area contributed by atoms with Gasteiger partial charge in [-0.1, -0.05) is 0 Å². The van der Waals surface area contributed by atoms with E-state index >= 15 is 0 Å². The maximum atomic E-state index is 2.21. The molecule has 0 nitrogen and oxygen atoms in total. The van der Waals surface area contributed by atoms with Crippen molar-refractivity contribution in [2.24, 2.45) is 23.7 Å².